The Kier molecular flexibility index (Phi) is 14.8. The third-order valence-corrected chi connectivity index (χ3v) is 15.2. The van der Waals surface area contributed by atoms with Gasteiger partial charge in [0.2, 0.25) is 11.8 Å². The maximum Gasteiger partial charge on any atom is 0.416 e. The molecule has 2 amide bonds. The van der Waals surface area contributed by atoms with Crippen molar-refractivity contribution in [3.8, 4) is 0 Å². The number of hydrogen-bond donors (Lipinski definition) is 2. The maximum absolute atomic E-state index is 14.9. The van der Waals surface area contributed by atoms with E-state index in [4.69, 9.17) is 9.47 Å². The van der Waals surface area contributed by atoms with Crippen molar-refractivity contribution in [3.05, 3.63) is 69.8 Å². The van der Waals surface area contributed by atoms with Gasteiger partial charge in [0.05, 0.1) is 35.0 Å². The topological polar surface area (TPSA) is 83.1 Å². The Labute approximate surface area is 371 Å². The standard InChI is InChI=1S/2C24H32F4N2O2/c2*1-15(2)23(8-5-19(12-23)29-18-6-9-32-10-7-18)22(31)30-13-16-11-17(24(26,27)28)3-4-20(16)21(25)14-30/h2*3-4,11,15,18-19,21,29H,5-10,12-14H2,1-2H3/t19-,21+,23+;19-,21-,23+/m11/s1. The number of nitrogens with one attached hydrogen (secondary N) is 2. The van der Waals surface area contributed by atoms with E-state index in [0.29, 0.717) is 37.8 Å². The molecule has 4 aliphatic heterocycles. The molecule has 0 aromatic heterocycles. The van der Waals surface area contributed by atoms with Crippen molar-refractivity contribution in [1.82, 2.24) is 20.4 Å². The number of carbonyl (C=O) groups is 2. The van der Waals surface area contributed by atoms with E-state index in [-0.39, 0.29) is 84.2 Å². The molecule has 4 fully saturated rings. The Bertz CT molecular complexity index is 1810. The van der Waals surface area contributed by atoms with Crippen molar-refractivity contribution in [2.45, 2.75) is 154 Å². The summed E-state index contributed by atoms with van der Waals surface area (Å²) in [4.78, 5) is 30.4. The molecule has 16 heteroatoms. The zero-order chi connectivity index (χ0) is 46.2. The van der Waals surface area contributed by atoms with Gasteiger partial charge in [-0.3, -0.25) is 9.59 Å². The fourth-order valence-electron chi connectivity index (χ4n) is 11.3. The molecule has 0 spiro atoms. The van der Waals surface area contributed by atoms with E-state index in [1.165, 1.54) is 21.9 Å². The molecule has 6 atom stereocenters. The molecule has 8 rings (SSSR count). The van der Waals surface area contributed by atoms with Gasteiger partial charge < -0.3 is 29.9 Å². The first-order valence-electron chi connectivity index (χ1n) is 23.1. The van der Waals surface area contributed by atoms with Crippen LogP contribution in [-0.2, 0) is 44.5 Å². The van der Waals surface area contributed by atoms with Gasteiger partial charge in [-0.05, 0) is 123 Å². The van der Waals surface area contributed by atoms with Crippen LogP contribution in [0, 0.1) is 22.7 Å². The van der Waals surface area contributed by atoms with Crippen LogP contribution >= 0.6 is 0 Å². The van der Waals surface area contributed by atoms with Crippen LogP contribution in [0.25, 0.3) is 0 Å². The fourth-order valence-corrected chi connectivity index (χ4v) is 11.3. The molecule has 4 heterocycles. The molecule has 2 aliphatic carbocycles. The summed E-state index contributed by atoms with van der Waals surface area (Å²) in [6.45, 7) is 10.8. The molecule has 2 N–H and O–H groups in total. The van der Waals surface area contributed by atoms with Gasteiger partial charge in [-0.1, -0.05) is 39.8 Å². The Morgan fingerprint density at radius 2 is 0.953 bits per heavy atom. The molecular weight excluding hydrogens is 849 g/mol. The van der Waals surface area contributed by atoms with E-state index in [9.17, 15) is 44.7 Å². The summed E-state index contributed by atoms with van der Waals surface area (Å²) in [5.41, 5.74) is -1.85. The molecule has 0 unspecified atom stereocenters. The smallest absolute Gasteiger partial charge is 0.381 e. The van der Waals surface area contributed by atoms with Crippen molar-refractivity contribution in [2.75, 3.05) is 39.5 Å². The lowest BCUT2D eigenvalue weighted by Crippen LogP contribution is -2.49. The maximum atomic E-state index is 14.9. The third-order valence-electron chi connectivity index (χ3n) is 15.2. The lowest BCUT2D eigenvalue weighted by atomic mass is 9.73. The third kappa shape index (κ3) is 10.4. The summed E-state index contributed by atoms with van der Waals surface area (Å²) in [5, 5.41) is 7.37. The lowest BCUT2D eigenvalue weighted by Gasteiger charge is -2.40. The molecule has 0 bridgehead atoms. The molecule has 2 saturated carbocycles. The molecular formula is C48H64F8N4O4. The fraction of sp³-hybridized carbons (Fsp3) is 0.708. The van der Waals surface area contributed by atoms with Crippen LogP contribution in [0.15, 0.2) is 36.4 Å². The molecule has 356 valence electrons. The van der Waals surface area contributed by atoms with E-state index < -0.39 is 46.7 Å². The van der Waals surface area contributed by atoms with Crippen LogP contribution < -0.4 is 10.6 Å². The second kappa shape index (κ2) is 19.5. The van der Waals surface area contributed by atoms with Crippen molar-refractivity contribution in [2.24, 2.45) is 22.7 Å². The first-order chi connectivity index (χ1) is 30.2. The van der Waals surface area contributed by atoms with Gasteiger partial charge in [-0.15, -0.1) is 0 Å². The molecule has 8 nitrogen and oxygen atoms in total. The zero-order valence-electron chi connectivity index (χ0n) is 37.4. The normalized spacial score (nSPS) is 29.4. The highest BCUT2D eigenvalue weighted by molar-refractivity contribution is 5.84. The van der Waals surface area contributed by atoms with Crippen molar-refractivity contribution in [3.63, 3.8) is 0 Å². The molecule has 0 radical (unpaired) electrons. The summed E-state index contributed by atoms with van der Waals surface area (Å²) < 4.78 is 120. The molecule has 64 heavy (non-hydrogen) atoms. The first kappa shape index (κ1) is 48.6. The minimum Gasteiger partial charge on any atom is -0.381 e. The average Bonchev–Trinajstić information content (AvgIpc) is 3.89. The summed E-state index contributed by atoms with van der Waals surface area (Å²) in [5.74, 6) is -0.154. The first-order valence-corrected chi connectivity index (χ1v) is 23.1. The Morgan fingerprint density at radius 1 is 0.594 bits per heavy atom. The van der Waals surface area contributed by atoms with Crippen LogP contribution in [0.1, 0.15) is 138 Å². The number of rotatable bonds is 8. The number of amides is 2. The van der Waals surface area contributed by atoms with Crippen molar-refractivity contribution >= 4 is 11.8 Å². The highest BCUT2D eigenvalue weighted by atomic mass is 19.4. The SMILES string of the molecule is CC(C)[C@]1(C(=O)N2Cc3cc(C(F)(F)F)ccc3[C@@H](F)C2)CC[C@@H](NC2CCOCC2)C1.CC(C)[C@]1(C(=O)N2Cc3cc(C(F)(F)F)ccc3[C@H](F)C2)CC[C@@H](NC2CCOCC2)C1. The number of carbonyl (C=O) groups excluding carboxylic acids is 2. The van der Waals surface area contributed by atoms with Gasteiger partial charge in [0.15, 0.2) is 0 Å². The Morgan fingerprint density at radius 3 is 1.28 bits per heavy atom. The second-order valence-electron chi connectivity index (χ2n) is 19.7. The van der Waals surface area contributed by atoms with Gasteiger partial charge in [0.1, 0.15) is 12.3 Å². The minimum atomic E-state index is -4.50. The number of hydrogen-bond acceptors (Lipinski definition) is 6. The van der Waals surface area contributed by atoms with Crippen LogP contribution in [-0.4, -0.2) is 85.3 Å². The van der Waals surface area contributed by atoms with Gasteiger partial charge in [0, 0.05) is 63.7 Å². The number of fused-ring (bicyclic) bond motifs is 2. The second-order valence-corrected chi connectivity index (χ2v) is 19.7. The monoisotopic (exact) mass is 912 g/mol. The van der Waals surface area contributed by atoms with Gasteiger partial charge in [-0.2, -0.15) is 26.3 Å². The number of nitrogens with zero attached hydrogens (tertiary/aromatic N) is 2. The average molecular weight is 913 g/mol. The van der Waals surface area contributed by atoms with Crippen molar-refractivity contribution in [1.29, 1.82) is 0 Å². The summed E-state index contributed by atoms with van der Waals surface area (Å²) in [6.07, 6.45) is -3.68. The van der Waals surface area contributed by atoms with Gasteiger partial charge >= 0.3 is 12.4 Å². The van der Waals surface area contributed by atoms with E-state index in [1.54, 1.807) is 0 Å². The lowest BCUT2D eigenvalue weighted by molar-refractivity contribution is -0.147. The highest BCUT2D eigenvalue weighted by Gasteiger charge is 2.52. The van der Waals surface area contributed by atoms with Crippen LogP contribution in [0.5, 0.6) is 0 Å². The van der Waals surface area contributed by atoms with E-state index in [0.717, 1.165) is 89.2 Å². The minimum absolute atomic E-state index is 0.0189. The number of benzene rings is 2. The van der Waals surface area contributed by atoms with Crippen LogP contribution in [0.3, 0.4) is 0 Å². The number of alkyl halides is 8. The van der Waals surface area contributed by atoms with E-state index >= 15 is 0 Å². The van der Waals surface area contributed by atoms with E-state index in [2.05, 4.69) is 10.6 Å². The molecule has 2 saturated heterocycles. The largest absolute Gasteiger partial charge is 0.416 e. The van der Waals surface area contributed by atoms with Crippen molar-refractivity contribution < 1.29 is 54.2 Å². The van der Waals surface area contributed by atoms with E-state index in [1.807, 2.05) is 27.7 Å². The quantitative estimate of drug-likeness (QED) is 0.257. The highest BCUT2D eigenvalue weighted by Crippen LogP contribution is 2.49. The van der Waals surface area contributed by atoms with Crippen LogP contribution in [0.2, 0.25) is 0 Å². The predicted octanol–water partition coefficient (Wildman–Crippen LogP) is 10.0. The Hall–Kier alpha value is -3.34. The van der Waals surface area contributed by atoms with Crippen LogP contribution in [0.4, 0.5) is 35.1 Å². The predicted molar refractivity (Wildman–Crippen MR) is 225 cm³/mol. The summed E-state index contributed by atoms with van der Waals surface area (Å²) >= 11 is 0. The molecule has 2 aromatic carbocycles. The molecule has 2 aromatic rings. The molecule has 6 aliphatic rings. The summed E-state index contributed by atoms with van der Waals surface area (Å²) in [6, 6.07) is 7.43. The van der Waals surface area contributed by atoms with Gasteiger partial charge in [-0.25, -0.2) is 8.78 Å². The Balaban J connectivity index is 0.000000191. The van der Waals surface area contributed by atoms with Gasteiger partial charge in [0.25, 0.3) is 0 Å². The number of ether oxygens (including phenoxy) is 2. The number of halogens is 8. The summed E-state index contributed by atoms with van der Waals surface area (Å²) in [7, 11) is 0. The zero-order valence-corrected chi connectivity index (χ0v) is 37.4.